The third-order valence-electron chi connectivity index (χ3n) is 3.94. The Bertz CT molecular complexity index is 613. The summed E-state index contributed by atoms with van der Waals surface area (Å²) in [6.07, 6.45) is 20.8. The molecule has 0 fully saturated rings. The average molecular weight is 421 g/mol. The number of carbonyl (C=O) groups is 1. The standard InChI is InChI=1S/C24H36O6/c1-20(25)13-7-3-2-4-8-16-22(27)19-23(28)17-11-5-9-14-21(26)15-10-6-12-18-24(29)30/h2,4-6,8-12,14,16,18,20-23,25-28H,3,7,13,15,17,19H2,1H3,(H,29,30)/b4-2+,10-6+,11-5+,14-9+,16-8+,18-12+/t20-,21-,22+,23+/m1/s1. The van der Waals surface area contributed by atoms with Gasteiger partial charge in [0.05, 0.1) is 24.4 Å². The van der Waals surface area contributed by atoms with Crippen LogP contribution in [0.25, 0.3) is 0 Å². The van der Waals surface area contributed by atoms with Crippen LogP contribution < -0.4 is 0 Å². The van der Waals surface area contributed by atoms with E-state index in [1.54, 1.807) is 55.5 Å². The summed E-state index contributed by atoms with van der Waals surface area (Å²) in [6, 6.07) is 0. The van der Waals surface area contributed by atoms with Gasteiger partial charge in [0, 0.05) is 12.5 Å². The third kappa shape index (κ3) is 20.5. The lowest BCUT2D eigenvalue weighted by molar-refractivity contribution is -0.131. The van der Waals surface area contributed by atoms with Gasteiger partial charge in [-0.25, -0.2) is 4.79 Å². The van der Waals surface area contributed by atoms with Gasteiger partial charge in [-0.2, -0.15) is 0 Å². The Balaban J connectivity index is 3.99. The molecular formula is C24H36O6. The van der Waals surface area contributed by atoms with Crippen LogP contribution in [0, 0.1) is 0 Å². The normalized spacial score (nSPS) is 17.2. The van der Waals surface area contributed by atoms with Gasteiger partial charge in [-0.05, 0) is 39.0 Å². The number of hydrogen-bond acceptors (Lipinski definition) is 5. The average Bonchev–Trinajstić information content (AvgIpc) is 2.66. The lowest BCUT2D eigenvalue weighted by Gasteiger charge is -2.10. The predicted octanol–water partition coefficient (Wildman–Crippen LogP) is 3.21. The van der Waals surface area contributed by atoms with Crippen molar-refractivity contribution in [2.45, 2.75) is 69.9 Å². The largest absolute Gasteiger partial charge is 0.478 e. The summed E-state index contributed by atoms with van der Waals surface area (Å²) >= 11 is 0. The summed E-state index contributed by atoms with van der Waals surface area (Å²) in [6.45, 7) is 1.77. The highest BCUT2D eigenvalue weighted by Gasteiger charge is 2.07. The molecule has 6 heteroatoms. The van der Waals surface area contributed by atoms with E-state index in [2.05, 4.69) is 0 Å². The van der Waals surface area contributed by atoms with Gasteiger partial charge in [-0.15, -0.1) is 0 Å². The first-order chi connectivity index (χ1) is 14.3. The van der Waals surface area contributed by atoms with Gasteiger partial charge in [0.25, 0.3) is 0 Å². The maximum atomic E-state index is 10.3. The zero-order valence-corrected chi connectivity index (χ0v) is 17.6. The summed E-state index contributed by atoms with van der Waals surface area (Å²) in [7, 11) is 0. The Kier molecular flexibility index (Phi) is 17.4. The van der Waals surface area contributed by atoms with Gasteiger partial charge in [0.2, 0.25) is 0 Å². The second-order valence-corrected chi connectivity index (χ2v) is 7.03. The van der Waals surface area contributed by atoms with Crippen molar-refractivity contribution >= 4 is 5.97 Å². The Morgan fingerprint density at radius 1 is 0.800 bits per heavy atom. The highest BCUT2D eigenvalue weighted by atomic mass is 16.4. The summed E-state index contributed by atoms with van der Waals surface area (Å²) in [5.41, 5.74) is 0. The zero-order valence-electron chi connectivity index (χ0n) is 17.6. The first-order valence-electron chi connectivity index (χ1n) is 10.3. The maximum absolute atomic E-state index is 10.3. The minimum Gasteiger partial charge on any atom is -0.478 e. The van der Waals surface area contributed by atoms with Crippen molar-refractivity contribution < 1.29 is 30.3 Å². The topological polar surface area (TPSA) is 118 Å². The molecule has 0 saturated carbocycles. The number of allylic oxidation sites excluding steroid dienone is 7. The molecular weight excluding hydrogens is 384 g/mol. The Morgan fingerprint density at radius 3 is 2.07 bits per heavy atom. The molecule has 0 aromatic heterocycles. The van der Waals surface area contributed by atoms with Crippen molar-refractivity contribution in [2.75, 3.05) is 0 Å². The second-order valence-electron chi connectivity index (χ2n) is 7.03. The number of carboxylic acids is 1. The molecule has 5 N–H and O–H groups in total. The first kappa shape index (κ1) is 27.8. The fraction of sp³-hybridized carbons (Fsp3) is 0.458. The molecule has 30 heavy (non-hydrogen) atoms. The number of aliphatic hydroxyl groups is 4. The van der Waals surface area contributed by atoms with Crippen LogP contribution in [0.5, 0.6) is 0 Å². The van der Waals surface area contributed by atoms with Gasteiger partial charge in [0.15, 0.2) is 0 Å². The van der Waals surface area contributed by atoms with Crippen molar-refractivity contribution in [3.05, 3.63) is 72.9 Å². The lowest BCUT2D eigenvalue weighted by atomic mass is 10.1. The molecule has 0 unspecified atom stereocenters. The summed E-state index contributed by atoms with van der Waals surface area (Å²) in [4.78, 5) is 10.3. The summed E-state index contributed by atoms with van der Waals surface area (Å²) < 4.78 is 0. The SMILES string of the molecule is C[C@@H](O)CCC/C=C/C=C/[C@H](O)C[C@@H](O)C/C=C/C=C/[C@@H](O)C/C=C/C=C/C(=O)O. The van der Waals surface area contributed by atoms with Gasteiger partial charge in [-0.1, -0.05) is 66.8 Å². The number of aliphatic carboxylic acids is 1. The van der Waals surface area contributed by atoms with Crippen LogP contribution in [0.4, 0.5) is 0 Å². The minimum atomic E-state index is -1.02. The van der Waals surface area contributed by atoms with Crippen molar-refractivity contribution in [1.29, 1.82) is 0 Å². The Morgan fingerprint density at radius 2 is 1.40 bits per heavy atom. The van der Waals surface area contributed by atoms with Crippen molar-refractivity contribution in [3.63, 3.8) is 0 Å². The molecule has 0 radical (unpaired) electrons. The number of carboxylic acid groups (broad SMARTS) is 1. The summed E-state index contributed by atoms with van der Waals surface area (Å²) in [5.74, 6) is -1.02. The van der Waals surface area contributed by atoms with Crippen molar-refractivity contribution in [1.82, 2.24) is 0 Å². The van der Waals surface area contributed by atoms with E-state index in [0.29, 0.717) is 12.8 Å². The maximum Gasteiger partial charge on any atom is 0.328 e. The molecule has 0 aliphatic heterocycles. The van der Waals surface area contributed by atoms with Crippen LogP contribution >= 0.6 is 0 Å². The van der Waals surface area contributed by atoms with E-state index >= 15 is 0 Å². The smallest absolute Gasteiger partial charge is 0.328 e. The fourth-order valence-corrected chi connectivity index (χ4v) is 2.37. The van der Waals surface area contributed by atoms with Crippen LogP contribution in [-0.2, 0) is 4.79 Å². The highest BCUT2D eigenvalue weighted by Crippen LogP contribution is 2.06. The summed E-state index contributed by atoms with van der Waals surface area (Å²) in [5, 5.41) is 47.2. The number of hydrogen-bond donors (Lipinski definition) is 5. The van der Waals surface area contributed by atoms with E-state index in [-0.39, 0.29) is 12.5 Å². The number of unbranched alkanes of at least 4 members (excludes halogenated alkanes) is 1. The van der Waals surface area contributed by atoms with Crippen LogP contribution in [0.3, 0.4) is 0 Å². The molecule has 0 aliphatic rings. The molecule has 0 aliphatic carbocycles. The molecule has 0 rings (SSSR count). The van der Waals surface area contributed by atoms with E-state index < -0.39 is 24.3 Å². The van der Waals surface area contributed by atoms with E-state index in [9.17, 15) is 20.1 Å². The molecule has 0 heterocycles. The van der Waals surface area contributed by atoms with Gasteiger partial charge < -0.3 is 25.5 Å². The predicted molar refractivity (Wildman–Crippen MR) is 120 cm³/mol. The zero-order chi connectivity index (χ0) is 22.6. The number of aliphatic hydroxyl groups excluding tert-OH is 4. The third-order valence-corrected chi connectivity index (χ3v) is 3.94. The molecule has 4 atom stereocenters. The van der Waals surface area contributed by atoms with Gasteiger partial charge >= 0.3 is 5.97 Å². The van der Waals surface area contributed by atoms with E-state index in [1.807, 2.05) is 12.2 Å². The van der Waals surface area contributed by atoms with Crippen LogP contribution in [0.1, 0.15) is 45.4 Å². The number of rotatable bonds is 16. The Labute approximate surface area is 179 Å². The van der Waals surface area contributed by atoms with Crippen molar-refractivity contribution in [2.24, 2.45) is 0 Å². The molecule has 0 aromatic carbocycles. The first-order valence-corrected chi connectivity index (χ1v) is 10.3. The minimum absolute atomic E-state index is 0.234. The Hall–Kier alpha value is -2.25. The molecule has 168 valence electrons. The highest BCUT2D eigenvalue weighted by molar-refractivity contribution is 5.80. The molecule has 6 nitrogen and oxygen atoms in total. The van der Waals surface area contributed by atoms with E-state index in [1.165, 1.54) is 6.08 Å². The monoisotopic (exact) mass is 420 g/mol. The molecule has 0 spiro atoms. The van der Waals surface area contributed by atoms with Gasteiger partial charge in [-0.3, -0.25) is 0 Å². The van der Waals surface area contributed by atoms with Crippen LogP contribution in [0.15, 0.2) is 72.9 Å². The second kappa shape index (κ2) is 18.8. The van der Waals surface area contributed by atoms with E-state index in [0.717, 1.165) is 25.3 Å². The molecule has 0 bridgehead atoms. The quantitative estimate of drug-likeness (QED) is 0.149. The van der Waals surface area contributed by atoms with Crippen LogP contribution in [-0.4, -0.2) is 55.9 Å². The molecule has 0 amide bonds. The van der Waals surface area contributed by atoms with Crippen LogP contribution in [0.2, 0.25) is 0 Å². The molecule has 0 aromatic rings. The molecule has 0 saturated heterocycles. The lowest BCUT2D eigenvalue weighted by Crippen LogP contribution is -2.14. The van der Waals surface area contributed by atoms with E-state index in [4.69, 9.17) is 10.2 Å². The van der Waals surface area contributed by atoms with Crippen molar-refractivity contribution in [3.8, 4) is 0 Å². The van der Waals surface area contributed by atoms with Gasteiger partial charge in [0.1, 0.15) is 0 Å². The fourth-order valence-electron chi connectivity index (χ4n) is 2.37.